The second-order valence-corrected chi connectivity index (χ2v) is 2.41. The van der Waals surface area contributed by atoms with Crippen molar-refractivity contribution in [2.24, 2.45) is 0 Å². The Morgan fingerprint density at radius 2 is 2.20 bits per heavy atom. The van der Waals surface area contributed by atoms with Crippen LogP contribution in [0.5, 0.6) is 0 Å². The van der Waals surface area contributed by atoms with Gasteiger partial charge in [-0.3, -0.25) is 0 Å². The number of carboxylic acids is 1. The van der Waals surface area contributed by atoms with Gasteiger partial charge in [0.05, 0.1) is 0 Å². The lowest BCUT2D eigenvalue weighted by Crippen LogP contribution is -1.95. The molecule has 0 bridgehead atoms. The normalized spacial score (nSPS) is 9.80. The first kappa shape index (κ1) is 7.14. The zero-order valence-corrected chi connectivity index (χ0v) is 5.41. The van der Waals surface area contributed by atoms with E-state index in [2.05, 4.69) is 0 Å². The highest BCUT2D eigenvalue weighted by Crippen LogP contribution is 2.18. The Labute approximate surface area is 58.7 Å². The quantitative estimate of drug-likeness (QED) is 0.686. The molecule has 0 atom stereocenters. The van der Waals surface area contributed by atoms with Crippen molar-refractivity contribution in [3.05, 3.63) is 21.9 Å². The maximum atomic E-state index is 12.3. The highest BCUT2D eigenvalue weighted by molar-refractivity contribution is 7.12. The van der Waals surface area contributed by atoms with Crippen molar-refractivity contribution in [3.63, 3.8) is 0 Å². The van der Waals surface area contributed by atoms with Crippen LogP contribution in [0.4, 0.5) is 8.78 Å². The summed E-state index contributed by atoms with van der Waals surface area (Å²) < 4.78 is 24.3. The van der Waals surface area contributed by atoms with Gasteiger partial charge in [-0.2, -0.15) is 0 Å². The Balaban J connectivity index is 3.17. The molecule has 54 valence electrons. The summed E-state index contributed by atoms with van der Waals surface area (Å²) in [7, 11) is 0. The molecule has 0 radical (unpaired) electrons. The monoisotopic (exact) mass is 164 g/mol. The van der Waals surface area contributed by atoms with Crippen LogP contribution in [-0.4, -0.2) is 11.1 Å². The van der Waals surface area contributed by atoms with Crippen molar-refractivity contribution in [1.82, 2.24) is 0 Å². The first-order valence-electron chi connectivity index (χ1n) is 2.28. The molecule has 0 saturated heterocycles. The highest BCUT2D eigenvalue weighted by atomic mass is 32.1. The summed E-state index contributed by atoms with van der Waals surface area (Å²) in [6, 6.07) is 0. The number of aromatic carboxylic acids is 1. The molecule has 1 rings (SSSR count). The molecule has 1 N–H and O–H groups in total. The maximum Gasteiger partial charge on any atom is 0.349 e. The van der Waals surface area contributed by atoms with Gasteiger partial charge in [-0.05, 0) is 0 Å². The summed E-state index contributed by atoms with van der Waals surface area (Å²) in [5.74, 6) is -3.83. The van der Waals surface area contributed by atoms with Gasteiger partial charge in [0.1, 0.15) is 0 Å². The Bertz CT molecular complexity index is 269. The average Bonchev–Trinajstić information content (AvgIpc) is 2.14. The van der Waals surface area contributed by atoms with Crippen molar-refractivity contribution in [3.8, 4) is 0 Å². The Morgan fingerprint density at radius 1 is 1.60 bits per heavy atom. The molecular formula is C5H2F2O2S. The van der Waals surface area contributed by atoms with Gasteiger partial charge in [0.15, 0.2) is 16.5 Å². The summed E-state index contributed by atoms with van der Waals surface area (Å²) in [6.07, 6.45) is 0. The Hall–Kier alpha value is -0.970. The molecule has 1 heterocycles. The molecule has 1 aromatic rings. The zero-order chi connectivity index (χ0) is 7.72. The van der Waals surface area contributed by atoms with Gasteiger partial charge in [0.25, 0.3) is 0 Å². The van der Waals surface area contributed by atoms with Crippen molar-refractivity contribution in [1.29, 1.82) is 0 Å². The Kier molecular flexibility index (Phi) is 1.67. The van der Waals surface area contributed by atoms with E-state index in [-0.39, 0.29) is 0 Å². The van der Waals surface area contributed by atoms with Crippen molar-refractivity contribution in [2.45, 2.75) is 0 Å². The molecule has 0 spiro atoms. The lowest BCUT2D eigenvalue weighted by Gasteiger charge is -1.84. The third-order valence-corrected chi connectivity index (χ3v) is 1.80. The van der Waals surface area contributed by atoms with Crippen LogP contribution in [0.3, 0.4) is 0 Å². The molecule has 1 aromatic heterocycles. The van der Waals surface area contributed by atoms with E-state index in [9.17, 15) is 13.6 Å². The van der Waals surface area contributed by atoms with E-state index in [1.165, 1.54) is 0 Å². The molecule has 0 unspecified atom stereocenters. The van der Waals surface area contributed by atoms with Crippen LogP contribution < -0.4 is 0 Å². The van der Waals surface area contributed by atoms with Gasteiger partial charge in [0.2, 0.25) is 0 Å². The third-order valence-electron chi connectivity index (χ3n) is 0.884. The van der Waals surface area contributed by atoms with Gasteiger partial charge < -0.3 is 5.11 Å². The second kappa shape index (κ2) is 2.34. The van der Waals surface area contributed by atoms with Crippen LogP contribution >= 0.6 is 11.3 Å². The van der Waals surface area contributed by atoms with E-state index >= 15 is 0 Å². The number of carbonyl (C=O) groups is 1. The molecule has 2 nitrogen and oxygen atoms in total. The highest BCUT2D eigenvalue weighted by Gasteiger charge is 2.16. The predicted octanol–water partition coefficient (Wildman–Crippen LogP) is 1.72. The SMILES string of the molecule is O=C(O)c1scc(F)c1F. The topological polar surface area (TPSA) is 37.3 Å². The summed E-state index contributed by atoms with van der Waals surface area (Å²) in [6.45, 7) is 0. The molecule has 0 aliphatic carbocycles. The maximum absolute atomic E-state index is 12.3. The van der Waals surface area contributed by atoms with E-state index < -0.39 is 22.5 Å². The summed E-state index contributed by atoms with van der Waals surface area (Å²) >= 11 is 0.535. The largest absolute Gasteiger partial charge is 0.477 e. The van der Waals surface area contributed by atoms with Gasteiger partial charge in [0, 0.05) is 5.38 Å². The van der Waals surface area contributed by atoms with Crippen LogP contribution in [0.2, 0.25) is 0 Å². The number of hydrogen-bond acceptors (Lipinski definition) is 2. The minimum Gasteiger partial charge on any atom is -0.477 e. The number of rotatable bonds is 1. The van der Waals surface area contributed by atoms with Crippen LogP contribution in [0.25, 0.3) is 0 Å². The lowest BCUT2D eigenvalue weighted by atomic mass is 10.4. The zero-order valence-electron chi connectivity index (χ0n) is 4.60. The fourth-order valence-electron chi connectivity index (χ4n) is 0.467. The fraction of sp³-hybridized carbons (Fsp3) is 0. The minimum absolute atomic E-state index is 0.535. The third kappa shape index (κ3) is 0.995. The van der Waals surface area contributed by atoms with E-state index in [1.54, 1.807) is 0 Å². The van der Waals surface area contributed by atoms with Gasteiger partial charge in [-0.1, -0.05) is 0 Å². The van der Waals surface area contributed by atoms with Crippen molar-refractivity contribution < 1.29 is 18.7 Å². The average molecular weight is 164 g/mol. The molecular weight excluding hydrogens is 162 g/mol. The molecule has 0 aliphatic rings. The number of carboxylic acid groups (broad SMARTS) is 1. The van der Waals surface area contributed by atoms with Crippen molar-refractivity contribution >= 4 is 17.3 Å². The standard InChI is InChI=1S/C5H2F2O2S/c6-2-1-10-4(3(2)7)5(8)9/h1H,(H,8,9). The fourth-order valence-corrected chi connectivity index (χ4v) is 1.09. The summed E-state index contributed by atoms with van der Waals surface area (Å²) in [5, 5.41) is 9.00. The molecule has 0 aliphatic heterocycles. The number of hydrogen-bond donors (Lipinski definition) is 1. The van der Waals surface area contributed by atoms with Crippen LogP contribution in [0, 0.1) is 11.6 Å². The first-order valence-corrected chi connectivity index (χ1v) is 3.16. The van der Waals surface area contributed by atoms with E-state index in [0.717, 1.165) is 5.38 Å². The lowest BCUT2D eigenvalue weighted by molar-refractivity contribution is 0.0697. The summed E-state index contributed by atoms with van der Waals surface area (Å²) in [4.78, 5) is 9.45. The van der Waals surface area contributed by atoms with Gasteiger partial charge in [-0.15, -0.1) is 11.3 Å². The molecule has 0 amide bonds. The van der Waals surface area contributed by atoms with Crippen LogP contribution in [-0.2, 0) is 0 Å². The smallest absolute Gasteiger partial charge is 0.349 e. The molecule has 0 aromatic carbocycles. The molecule has 0 fully saturated rings. The summed E-state index contributed by atoms with van der Waals surface area (Å²) in [5.41, 5.74) is 0. The number of thiophene rings is 1. The van der Waals surface area contributed by atoms with Gasteiger partial charge >= 0.3 is 5.97 Å². The van der Waals surface area contributed by atoms with Gasteiger partial charge in [-0.25, -0.2) is 13.6 Å². The van der Waals surface area contributed by atoms with E-state index in [4.69, 9.17) is 5.11 Å². The molecule has 5 heteroatoms. The minimum atomic E-state index is -1.44. The second-order valence-electron chi connectivity index (χ2n) is 1.53. The van der Waals surface area contributed by atoms with E-state index in [0.29, 0.717) is 11.3 Å². The van der Waals surface area contributed by atoms with Crippen molar-refractivity contribution in [2.75, 3.05) is 0 Å². The molecule has 10 heavy (non-hydrogen) atoms. The number of halogens is 2. The van der Waals surface area contributed by atoms with Crippen LogP contribution in [0.1, 0.15) is 9.67 Å². The first-order chi connectivity index (χ1) is 4.63. The van der Waals surface area contributed by atoms with Crippen LogP contribution in [0.15, 0.2) is 5.38 Å². The Morgan fingerprint density at radius 3 is 2.40 bits per heavy atom. The molecule has 0 saturated carbocycles. The van der Waals surface area contributed by atoms with E-state index in [1.807, 2.05) is 0 Å². The predicted molar refractivity (Wildman–Crippen MR) is 31.2 cm³/mol.